The van der Waals surface area contributed by atoms with E-state index in [4.69, 9.17) is 9.47 Å². The van der Waals surface area contributed by atoms with Gasteiger partial charge in [-0.3, -0.25) is 9.69 Å². The van der Waals surface area contributed by atoms with Crippen molar-refractivity contribution in [3.63, 3.8) is 0 Å². The number of nitrogens with one attached hydrogen (secondary N) is 2. The van der Waals surface area contributed by atoms with Crippen molar-refractivity contribution in [3.8, 4) is 5.75 Å². The topological polar surface area (TPSA) is 88.6 Å². The van der Waals surface area contributed by atoms with E-state index < -0.39 is 0 Å². The largest absolute Gasteiger partial charge is 0.492 e. The summed E-state index contributed by atoms with van der Waals surface area (Å²) in [5.41, 5.74) is 2.01. The lowest BCUT2D eigenvalue weighted by molar-refractivity contribution is -0.117. The van der Waals surface area contributed by atoms with Crippen LogP contribution in [0, 0.1) is 11.8 Å². The molecule has 8 heteroatoms. The van der Waals surface area contributed by atoms with Gasteiger partial charge in [0.2, 0.25) is 5.91 Å². The van der Waals surface area contributed by atoms with Crippen molar-refractivity contribution >= 4 is 40.5 Å². The number of morpholine rings is 1. The Balaban J connectivity index is 1.27. The molecule has 1 amide bonds. The van der Waals surface area contributed by atoms with Crippen LogP contribution in [0.2, 0.25) is 0 Å². The summed E-state index contributed by atoms with van der Waals surface area (Å²) in [6.07, 6.45) is 8.64. The Morgan fingerprint density at radius 2 is 1.92 bits per heavy atom. The first-order chi connectivity index (χ1) is 17.6. The van der Waals surface area contributed by atoms with Gasteiger partial charge in [0.15, 0.2) is 0 Å². The second kappa shape index (κ2) is 11.1. The van der Waals surface area contributed by atoms with Crippen LogP contribution in [-0.2, 0) is 9.53 Å². The predicted molar refractivity (Wildman–Crippen MR) is 143 cm³/mol. The van der Waals surface area contributed by atoms with Crippen LogP contribution in [0.1, 0.15) is 24.5 Å². The lowest BCUT2D eigenvalue weighted by Gasteiger charge is -2.26. The molecule has 2 N–H and O–H groups in total. The average Bonchev–Trinajstić information content (AvgIpc) is 3.65. The molecule has 2 atom stereocenters. The fourth-order valence-corrected chi connectivity index (χ4v) is 4.44. The molecule has 2 aromatic heterocycles. The third kappa shape index (κ3) is 5.83. The highest BCUT2D eigenvalue weighted by atomic mass is 16.5. The maximum absolute atomic E-state index is 12.4. The van der Waals surface area contributed by atoms with Crippen LogP contribution in [0.5, 0.6) is 5.75 Å². The average molecular weight is 488 g/mol. The molecule has 3 aromatic rings. The van der Waals surface area contributed by atoms with Crippen LogP contribution < -0.4 is 15.4 Å². The normalized spacial score (nSPS) is 19.9. The monoisotopic (exact) mass is 487 g/mol. The molecule has 1 saturated carbocycles. The number of benzene rings is 1. The number of hydrogen-bond acceptors (Lipinski definition) is 7. The second-order valence-electron chi connectivity index (χ2n) is 9.44. The van der Waals surface area contributed by atoms with E-state index in [1.54, 1.807) is 6.20 Å². The Kier molecular flexibility index (Phi) is 7.44. The number of carbonyl (C=O) groups excluding carboxylic acids is 1. The summed E-state index contributed by atoms with van der Waals surface area (Å²) in [7, 11) is 1.84. The van der Waals surface area contributed by atoms with Crippen molar-refractivity contribution in [1.29, 1.82) is 0 Å². The van der Waals surface area contributed by atoms with Gasteiger partial charge in [-0.25, -0.2) is 9.97 Å². The first kappa shape index (κ1) is 24.2. The number of hydrogen-bond donors (Lipinski definition) is 2. The van der Waals surface area contributed by atoms with Crippen molar-refractivity contribution < 1.29 is 14.3 Å². The molecular formula is C28H33N5O3. The molecule has 1 saturated heterocycles. The van der Waals surface area contributed by atoms with Crippen molar-refractivity contribution in [1.82, 2.24) is 14.9 Å². The Morgan fingerprint density at radius 1 is 1.14 bits per heavy atom. The number of aromatic nitrogens is 2. The van der Waals surface area contributed by atoms with Gasteiger partial charge in [-0.15, -0.1) is 0 Å². The quantitative estimate of drug-likeness (QED) is 0.469. The minimum atomic E-state index is 0.0431. The highest BCUT2D eigenvalue weighted by molar-refractivity contribution is 6.01. The SMILES string of the molecule is CNc1ncc(/C=C/c2ccc(OCCN3CCOCC3)cc2)c2cc(NC(=O)[C@H]3C[C@H]3C)ncc12. The van der Waals surface area contributed by atoms with Crippen LogP contribution in [0.4, 0.5) is 11.6 Å². The molecular weight excluding hydrogens is 454 g/mol. The molecule has 8 nitrogen and oxygen atoms in total. The highest BCUT2D eigenvalue weighted by Crippen LogP contribution is 2.38. The van der Waals surface area contributed by atoms with E-state index in [1.165, 1.54) is 0 Å². The summed E-state index contributed by atoms with van der Waals surface area (Å²) in [5, 5.41) is 7.97. The summed E-state index contributed by atoms with van der Waals surface area (Å²) >= 11 is 0. The van der Waals surface area contributed by atoms with E-state index in [9.17, 15) is 4.79 Å². The molecule has 3 heterocycles. The molecule has 5 rings (SSSR count). The lowest BCUT2D eigenvalue weighted by atomic mass is 10.1. The van der Waals surface area contributed by atoms with Gasteiger partial charge in [0.1, 0.15) is 24.0 Å². The first-order valence-corrected chi connectivity index (χ1v) is 12.6. The van der Waals surface area contributed by atoms with Gasteiger partial charge in [0, 0.05) is 55.9 Å². The fourth-order valence-electron chi connectivity index (χ4n) is 4.44. The molecule has 0 unspecified atom stereocenters. The number of fused-ring (bicyclic) bond motifs is 1. The first-order valence-electron chi connectivity index (χ1n) is 12.6. The number of ether oxygens (including phenoxy) is 2. The van der Waals surface area contributed by atoms with Crippen LogP contribution in [0.25, 0.3) is 22.9 Å². The molecule has 2 fully saturated rings. The third-order valence-electron chi connectivity index (χ3n) is 6.85. The summed E-state index contributed by atoms with van der Waals surface area (Å²) in [6.45, 7) is 7.20. The lowest BCUT2D eigenvalue weighted by Crippen LogP contribution is -2.38. The van der Waals surface area contributed by atoms with E-state index in [0.29, 0.717) is 18.3 Å². The number of amides is 1. The number of anilines is 2. The van der Waals surface area contributed by atoms with Gasteiger partial charge in [0.25, 0.3) is 0 Å². The zero-order valence-corrected chi connectivity index (χ0v) is 20.9. The van der Waals surface area contributed by atoms with E-state index in [2.05, 4.69) is 38.5 Å². The van der Waals surface area contributed by atoms with E-state index in [-0.39, 0.29) is 11.8 Å². The van der Waals surface area contributed by atoms with Gasteiger partial charge in [-0.1, -0.05) is 31.2 Å². The smallest absolute Gasteiger partial charge is 0.228 e. The third-order valence-corrected chi connectivity index (χ3v) is 6.85. The number of pyridine rings is 2. The highest BCUT2D eigenvalue weighted by Gasteiger charge is 2.39. The zero-order chi connectivity index (χ0) is 24.9. The number of rotatable bonds is 9. The minimum absolute atomic E-state index is 0.0431. The van der Waals surface area contributed by atoms with Crippen LogP contribution in [-0.4, -0.2) is 67.3 Å². The van der Waals surface area contributed by atoms with E-state index in [0.717, 1.165) is 72.7 Å². The molecule has 0 bridgehead atoms. The molecule has 2 aliphatic rings. The predicted octanol–water partition coefficient (Wildman–Crippen LogP) is 4.15. The Morgan fingerprint density at radius 3 is 2.64 bits per heavy atom. The van der Waals surface area contributed by atoms with E-state index in [1.807, 2.05) is 49.7 Å². The van der Waals surface area contributed by atoms with Crippen molar-refractivity contribution in [2.75, 3.05) is 57.1 Å². The molecule has 0 spiro atoms. The summed E-state index contributed by atoms with van der Waals surface area (Å²) in [5.74, 6) is 2.77. The van der Waals surface area contributed by atoms with Crippen molar-refractivity contribution in [2.24, 2.45) is 11.8 Å². The second-order valence-corrected chi connectivity index (χ2v) is 9.44. The van der Waals surface area contributed by atoms with Crippen molar-refractivity contribution in [2.45, 2.75) is 13.3 Å². The molecule has 1 aromatic carbocycles. The minimum Gasteiger partial charge on any atom is -0.492 e. The molecule has 0 radical (unpaired) electrons. The molecule has 188 valence electrons. The number of carbonyl (C=O) groups is 1. The maximum Gasteiger partial charge on any atom is 0.228 e. The van der Waals surface area contributed by atoms with Gasteiger partial charge in [0.05, 0.1) is 13.2 Å². The van der Waals surface area contributed by atoms with E-state index >= 15 is 0 Å². The summed E-state index contributed by atoms with van der Waals surface area (Å²) in [4.78, 5) is 23.8. The Labute approximate surface area is 211 Å². The summed E-state index contributed by atoms with van der Waals surface area (Å²) < 4.78 is 11.3. The standard InChI is InChI=1S/C28H33N5O3/c1-19-15-23(19)28(34)32-26-16-24-21(17-31-27(29-2)25(24)18-30-26)6-3-20-4-7-22(8-5-20)36-14-11-33-9-12-35-13-10-33/h3-8,16-19,23H,9-15H2,1-2H3,(H,29,31)(H,30,32,34)/b6-3+/t19-,23+/m1/s1. The van der Waals surface area contributed by atoms with Gasteiger partial charge < -0.3 is 20.1 Å². The summed E-state index contributed by atoms with van der Waals surface area (Å²) in [6, 6.07) is 10.0. The van der Waals surface area contributed by atoms with Gasteiger partial charge in [-0.05, 0) is 41.5 Å². The van der Waals surface area contributed by atoms with Gasteiger partial charge in [-0.2, -0.15) is 0 Å². The van der Waals surface area contributed by atoms with Crippen LogP contribution >= 0.6 is 0 Å². The van der Waals surface area contributed by atoms with Crippen LogP contribution in [0.3, 0.4) is 0 Å². The molecule has 1 aliphatic heterocycles. The zero-order valence-electron chi connectivity index (χ0n) is 20.9. The molecule has 1 aliphatic carbocycles. The Bertz CT molecular complexity index is 1240. The maximum atomic E-state index is 12.4. The number of nitrogens with zero attached hydrogens (tertiary/aromatic N) is 3. The van der Waals surface area contributed by atoms with Gasteiger partial charge >= 0.3 is 0 Å². The molecule has 36 heavy (non-hydrogen) atoms. The van der Waals surface area contributed by atoms with Crippen molar-refractivity contribution in [3.05, 3.63) is 53.9 Å². The Hall–Kier alpha value is -3.49. The van der Waals surface area contributed by atoms with Crippen LogP contribution in [0.15, 0.2) is 42.7 Å². The fraction of sp³-hybridized carbons (Fsp3) is 0.393.